The molecule has 2 rings (SSSR count). The number of rotatable bonds is 3. The van der Waals surface area contributed by atoms with Crippen LogP contribution < -0.4 is 10.5 Å². The number of nitrogens with two attached hydrogens (primary N) is 1. The average Bonchev–Trinajstić information content (AvgIpc) is 2.72. The zero-order valence-electron chi connectivity index (χ0n) is 10.7. The van der Waals surface area contributed by atoms with Crippen molar-refractivity contribution in [1.82, 2.24) is 10.2 Å². The summed E-state index contributed by atoms with van der Waals surface area (Å²) in [4.78, 5) is 0. The smallest absolute Gasteiger partial charge is 0.137 e. The average molecular weight is 266 g/mol. The van der Waals surface area contributed by atoms with Crippen LogP contribution in [0.25, 0.3) is 11.1 Å². The van der Waals surface area contributed by atoms with Gasteiger partial charge >= 0.3 is 0 Å². The molecule has 4 nitrogen and oxygen atoms in total. The molecule has 1 heterocycles. The van der Waals surface area contributed by atoms with Crippen LogP contribution in [0, 0.1) is 13.8 Å². The van der Waals surface area contributed by atoms with Crippen molar-refractivity contribution >= 4 is 11.6 Å². The minimum atomic E-state index is 0.392. The number of aromatic amines is 1. The van der Waals surface area contributed by atoms with Crippen LogP contribution >= 0.6 is 11.6 Å². The maximum Gasteiger partial charge on any atom is 0.137 e. The van der Waals surface area contributed by atoms with E-state index in [1.54, 1.807) is 7.11 Å². The Bertz CT molecular complexity index is 578. The molecular formula is C13H16ClN3O. The molecular weight excluding hydrogens is 250 g/mol. The van der Waals surface area contributed by atoms with E-state index < -0.39 is 0 Å². The molecule has 0 atom stereocenters. The fourth-order valence-corrected chi connectivity index (χ4v) is 2.31. The minimum absolute atomic E-state index is 0.392. The van der Waals surface area contributed by atoms with E-state index in [0.29, 0.717) is 17.3 Å². The monoisotopic (exact) mass is 265 g/mol. The third kappa shape index (κ3) is 2.09. The molecule has 0 saturated carbocycles. The fraction of sp³-hybridized carbons (Fsp3) is 0.308. The number of methoxy groups -OCH3 is 1. The number of halogens is 1. The van der Waals surface area contributed by atoms with Crippen LogP contribution in [-0.4, -0.2) is 17.3 Å². The molecule has 1 aromatic carbocycles. The van der Waals surface area contributed by atoms with Crippen LogP contribution in [-0.2, 0) is 6.54 Å². The first-order valence-corrected chi connectivity index (χ1v) is 6.04. The second kappa shape index (κ2) is 5.00. The number of hydrogen-bond acceptors (Lipinski definition) is 3. The molecule has 0 bridgehead atoms. The van der Waals surface area contributed by atoms with E-state index in [1.807, 2.05) is 26.0 Å². The molecule has 0 aliphatic heterocycles. The Labute approximate surface area is 111 Å². The van der Waals surface area contributed by atoms with Crippen LogP contribution in [0.4, 0.5) is 0 Å². The minimum Gasteiger partial charge on any atom is -0.495 e. The van der Waals surface area contributed by atoms with Gasteiger partial charge in [0.1, 0.15) is 5.75 Å². The number of aryl methyl sites for hydroxylation is 2. The lowest BCUT2D eigenvalue weighted by Gasteiger charge is -2.11. The molecule has 0 aliphatic rings. The van der Waals surface area contributed by atoms with Crippen LogP contribution in [0.2, 0.25) is 5.02 Å². The van der Waals surface area contributed by atoms with Crippen molar-refractivity contribution in [1.29, 1.82) is 0 Å². The maximum absolute atomic E-state index is 6.18. The van der Waals surface area contributed by atoms with Crippen molar-refractivity contribution in [3.63, 3.8) is 0 Å². The molecule has 0 saturated heterocycles. The van der Waals surface area contributed by atoms with Gasteiger partial charge in [0, 0.05) is 17.8 Å². The van der Waals surface area contributed by atoms with Crippen molar-refractivity contribution in [2.45, 2.75) is 20.4 Å². The van der Waals surface area contributed by atoms with E-state index >= 15 is 0 Å². The number of aromatic nitrogens is 2. The lowest BCUT2D eigenvalue weighted by Crippen LogP contribution is -1.99. The van der Waals surface area contributed by atoms with Crippen molar-refractivity contribution < 1.29 is 4.74 Å². The molecule has 96 valence electrons. The van der Waals surface area contributed by atoms with E-state index in [4.69, 9.17) is 22.1 Å². The molecule has 0 spiro atoms. The first-order valence-electron chi connectivity index (χ1n) is 5.67. The highest BCUT2D eigenvalue weighted by Crippen LogP contribution is 2.35. The van der Waals surface area contributed by atoms with Gasteiger partial charge in [0.25, 0.3) is 0 Å². The summed E-state index contributed by atoms with van der Waals surface area (Å²) in [7, 11) is 1.61. The Hall–Kier alpha value is -1.52. The summed E-state index contributed by atoms with van der Waals surface area (Å²) in [6, 6.07) is 3.82. The topological polar surface area (TPSA) is 63.9 Å². The molecule has 0 amide bonds. The zero-order chi connectivity index (χ0) is 13.3. The highest BCUT2D eigenvalue weighted by molar-refractivity contribution is 6.32. The molecule has 0 radical (unpaired) electrons. The zero-order valence-corrected chi connectivity index (χ0v) is 11.4. The Morgan fingerprint density at radius 1 is 1.39 bits per heavy atom. The highest BCUT2D eigenvalue weighted by atomic mass is 35.5. The predicted octanol–water partition coefficient (Wildman–Crippen LogP) is 2.81. The summed E-state index contributed by atoms with van der Waals surface area (Å²) in [5.41, 5.74) is 10.7. The second-order valence-electron chi connectivity index (χ2n) is 4.18. The Kier molecular flexibility index (Phi) is 3.59. The summed E-state index contributed by atoms with van der Waals surface area (Å²) in [6.07, 6.45) is 0. The van der Waals surface area contributed by atoms with E-state index in [1.165, 1.54) is 0 Å². The molecule has 2 aromatic rings. The van der Waals surface area contributed by atoms with E-state index in [0.717, 1.165) is 28.1 Å². The van der Waals surface area contributed by atoms with Gasteiger partial charge in [0.05, 0.1) is 17.8 Å². The summed E-state index contributed by atoms with van der Waals surface area (Å²) < 4.78 is 5.20. The van der Waals surface area contributed by atoms with Gasteiger partial charge < -0.3 is 10.5 Å². The van der Waals surface area contributed by atoms with Gasteiger partial charge in [0.2, 0.25) is 0 Å². The van der Waals surface area contributed by atoms with Gasteiger partial charge in [-0.05, 0) is 37.1 Å². The highest BCUT2D eigenvalue weighted by Gasteiger charge is 2.15. The van der Waals surface area contributed by atoms with Crippen molar-refractivity contribution in [3.8, 4) is 16.9 Å². The largest absolute Gasteiger partial charge is 0.495 e. The Morgan fingerprint density at radius 2 is 2.11 bits per heavy atom. The van der Waals surface area contributed by atoms with Crippen molar-refractivity contribution in [2.75, 3.05) is 7.11 Å². The number of ether oxygens (including phenoxy) is 1. The summed E-state index contributed by atoms with van der Waals surface area (Å²) in [6.45, 7) is 4.38. The van der Waals surface area contributed by atoms with Gasteiger partial charge in [-0.15, -0.1) is 0 Å². The van der Waals surface area contributed by atoms with Crippen molar-refractivity contribution in [2.24, 2.45) is 5.73 Å². The normalized spacial score (nSPS) is 10.7. The van der Waals surface area contributed by atoms with Gasteiger partial charge in [-0.25, -0.2) is 0 Å². The Morgan fingerprint density at radius 3 is 2.72 bits per heavy atom. The molecule has 3 N–H and O–H groups in total. The third-order valence-electron chi connectivity index (χ3n) is 2.98. The molecule has 0 fully saturated rings. The van der Waals surface area contributed by atoms with Gasteiger partial charge in [-0.1, -0.05) is 11.6 Å². The third-order valence-corrected chi connectivity index (χ3v) is 3.28. The van der Waals surface area contributed by atoms with Crippen molar-refractivity contribution in [3.05, 3.63) is 34.1 Å². The number of nitrogens with one attached hydrogen (secondary N) is 1. The number of H-pyrrole nitrogens is 1. The van der Waals surface area contributed by atoms with Crippen LogP contribution in [0.3, 0.4) is 0 Å². The van der Waals surface area contributed by atoms with E-state index in [9.17, 15) is 0 Å². The molecule has 0 unspecified atom stereocenters. The second-order valence-corrected chi connectivity index (χ2v) is 4.58. The molecule has 0 aliphatic carbocycles. The quantitative estimate of drug-likeness (QED) is 0.897. The molecule has 5 heteroatoms. The SMILES string of the molecule is COc1cc(C)c(-c2c(CN)n[nH]c2C)cc1Cl. The molecule has 18 heavy (non-hydrogen) atoms. The first-order chi connectivity index (χ1) is 8.58. The van der Waals surface area contributed by atoms with Crippen LogP contribution in [0.5, 0.6) is 5.75 Å². The van der Waals surface area contributed by atoms with Gasteiger partial charge in [-0.2, -0.15) is 5.10 Å². The molecule has 1 aromatic heterocycles. The van der Waals surface area contributed by atoms with Crippen LogP contribution in [0.1, 0.15) is 17.0 Å². The summed E-state index contributed by atoms with van der Waals surface area (Å²) in [5.74, 6) is 0.674. The van der Waals surface area contributed by atoms with Crippen LogP contribution in [0.15, 0.2) is 12.1 Å². The first kappa shape index (κ1) is 12.9. The Balaban J connectivity index is 2.64. The standard InChI is InChI=1S/C13H16ClN3O/c1-7-4-12(18-3)10(14)5-9(7)13-8(2)16-17-11(13)6-15/h4-5H,6,15H2,1-3H3,(H,16,17). The fourth-order valence-electron chi connectivity index (χ4n) is 2.07. The number of hydrogen-bond donors (Lipinski definition) is 2. The summed E-state index contributed by atoms with van der Waals surface area (Å²) >= 11 is 6.18. The lowest BCUT2D eigenvalue weighted by atomic mass is 9.98. The summed E-state index contributed by atoms with van der Waals surface area (Å²) in [5, 5.41) is 7.74. The predicted molar refractivity (Wildman–Crippen MR) is 73.0 cm³/mol. The maximum atomic E-state index is 6.18. The number of nitrogens with zero attached hydrogens (tertiary/aromatic N) is 1. The lowest BCUT2D eigenvalue weighted by molar-refractivity contribution is 0.415. The number of benzene rings is 1. The van der Waals surface area contributed by atoms with Gasteiger partial charge in [-0.3, -0.25) is 5.10 Å². The van der Waals surface area contributed by atoms with E-state index in [-0.39, 0.29) is 0 Å². The van der Waals surface area contributed by atoms with E-state index in [2.05, 4.69) is 10.2 Å². The van der Waals surface area contributed by atoms with Gasteiger partial charge in [0.15, 0.2) is 0 Å².